The van der Waals surface area contributed by atoms with Gasteiger partial charge in [0.2, 0.25) is 0 Å². The van der Waals surface area contributed by atoms with Gasteiger partial charge in [-0.05, 0) is 43.2 Å². The second kappa shape index (κ2) is 7.80. The first-order valence-electron chi connectivity index (χ1n) is 9.21. The number of carbonyl (C=O) groups excluding carboxylic acids is 2. The Morgan fingerprint density at radius 2 is 1.93 bits per heavy atom. The minimum atomic E-state index is -0.462. The Morgan fingerprint density at radius 1 is 1.18 bits per heavy atom. The molecule has 0 N–H and O–H groups in total. The van der Waals surface area contributed by atoms with Crippen molar-refractivity contribution in [3.05, 3.63) is 47.3 Å². The number of methoxy groups -OCH3 is 1. The number of pyridine rings is 1. The lowest BCUT2D eigenvalue weighted by Gasteiger charge is -2.11. The van der Waals surface area contributed by atoms with Gasteiger partial charge < -0.3 is 9.64 Å². The average Bonchev–Trinajstić information content (AvgIpc) is 3.10. The Kier molecular flexibility index (Phi) is 5.44. The number of carbonyl (C=O) groups is 2. The fourth-order valence-corrected chi connectivity index (χ4v) is 3.25. The summed E-state index contributed by atoms with van der Waals surface area (Å²) in [4.78, 5) is 30.3. The van der Waals surface area contributed by atoms with Gasteiger partial charge in [0.15, 0.2) is 5.69 Å². The molecule has 7 nitrogen and oxygen atoms in total. The molecule has 0 fully saturated rings. The van der Waals surface area contributed by atoms with Gasteiger partial charge in [0.1, 0.15) is 0 Å². The lowest BCUT2D eigenvalue weighted by atomic mass is 10.0. The zero-order valence-electron chi connectivity index (χ0n) is 16.8. The van der Waals surface area contributed by atoms with Crippen molar-refractivity contribution in [3.63, 3.8) is 0 Å². The maximum Gasteiger partial charge on any atom is 0.359 e. The van der Waals surface area contributed by atoms with Gasteiger partial charge in [-0.15, -0.1) is 0 Å². The van der Waals surface area contributed by atoms with Gasteiger partial charge in [0.25, 0.3) is 5.91 Å². The first-order chi connectivity index (χ1) is 13.4. The summed E-state index contributed by atoms with van der Waals surface area (Å²) >= 11 is 0. The van der Waals surface area contributed by atoms with Crippen molar-refractivity contribution in [3.8, 4) is 11.3 Å². The van der Waals surface area contributed by atoms with Crippen LogP contribution in [0, 0.1) is 0 Å². The van der Waals surface area contributed by atoms with Gasteiger partial charge >= 0.3 is 5.97 Å². The number of hydrogen-bond acceptors (Lipinski definition) is 5. The van der Waals surface area contributed by atoms with Gasteiger partial charge in [-0.1, -0.05) is 6.92 Å². The topological polar surface area (TPSA) is 77.3 Å². The highest BCUT2D eigenvalue weighted by molar-refractivity contribution is 6.04. The van der Waals surface area contributed by atoms with Crippen molar-refractivity contribution in [2.75, 3.05) is 21.2 Å². The maximum absolute atomic E-state index is 12.2. The molecule has 0 aliphatic carbocycles. The number of amides is 1. The number of benzene rings is 1. The summed E-state index contributed by atoms with van der Waals surface area (Å²) in [6.45, 7) is 4.71. The summed E-state index contributed by atoms with van der Waals surface area (Å²) in [6, 6.07) is 7.55. The number of aryl methyl sites for hydroxylation is 2. The van der Waals surface area contributed by atoms with E-state index in [1.54, 1.807) is 26.4 Å². The fourth-order valence-electron chi connectivity index (χ4n) is 3.25. The Morgan fingerprint density at radius 3 is 2.46 bits per heavy atom. The van der Waals surface area contributed by atoms with E-state index in [0.29, 0.717) is 17.8 Å². The maximum atomic E-state index is 12.2. The van der Waals surface area contributed by atoms with Crippen molar-refractivity contribution in [2.45, 2.75) is 26.8 Å². The Hall–Kier alpha value is -3.22. The summed E-state index contributed by atoms with van der Waals surface area (Å²) in [6.07, 6.45) is 2.36. The van der Waals surface area contributed by atoms with Gasteiger partial charge in [-0.2, -0.15) is 5.10 Å². The van der Waals surface area contributed by atoms with Gasteiger partial charge in [-0.3, -0.25) is 14.5 Å². The van der Waals surface area contributed by atoms with Crippen LogP contribution in [0.5, 0.6) is 0 Å². The van der Waals surface area contributed by atoms with Crippen LogP contribution in [-0.4, -0.2) is 52.7 Å². The number of nitrogens with zero attached hydrogens (tertiary/aromatic N) is 4. The molecule has 0 saturated heterocycles. The molecule has 0 spiro atoms. The smallest absolute Gasteiger partial charge is 0.359 e. The van der Waals surface area contributed by atoms with E-state index in [9.17, 15) is 9.59 Å². The Balaban J connectivity index is 2.17. The van der Waals surface area contributed by atoms with Gasteiger partial charge in [0, 0.05) is 37.8 Å². The van der Waals surface area contributed by atoms with Crippen LogP contribution in [0.15, 0.2) is 30.5 Å². The third kappa shape index (κ3) is 3.35. The minimum absolute atomic E-state index is 0.0963. The van der Waals surface area contributed by atoms with Crippen LogP contribution in [0.1, 0.15) is 40.3 Å². The number of ether oxygens (including phenoxy) is 1. The summed E-state index contributed by atoms with van der Waals surface area (Å²) in [5.74, 6) is -0.558. The van der Waals surface area contributed by atoms with Crippen LogP contribution >= 0.6 is 0 Å². The molecule has 0 radical (unpaired) electrons. The standard InChI is InChI=1S/C21H24N4O3/c1-6-13-10-15(17-9-8-14(12-22-17)20(26)24(3)4)11-16-18(21(27)28-5)23-25(7-2)19(13)16/h8-12H,6-7H2,1-5H3. The second-order valence-electron chi connectivity index (χ2n) is 6.67. The number of fused-ring (bicyclic) bond motifs is 1. The largest absolute Gasteiger partial charge is 0.464 e. The third-order valence-corrected chi connectivity index (χ3v) is 4.69. The van der Waals surface area contributed by atoms with E-state index < -0.39 is 5.97 Å². The molecule has 0 saturated carbocycles. The number of aromatic nitrogens is 3. The van der Waals surface area contributed by atoms with E-state index >= 15 is 0 Å². The van der Waals surface area contributed by atoms with Crippen LogP contribution in [0.25, 0.3) is 22.2 Å². The molecule has 0 aliphatic rings. The molecule has 28 heavy (non-hydrogen) atoms. The molecule has 3 rings (SSSR count). The predicted octanol–water partition coefficient (Wildman–Crippen LogP) is 3.17. The van der Waals surface area contributed by atoms with Crippen LogP contribution < -0.4 is 0 Å². The molecular formula is C21H24N4O3. The lowest BCUT2D eigenvalue weighted by Crippen LogP contribution is -2.21. The van der Waals surface area contributed by atoms with E-state index in [1.807, 2.05) is 23.7 Å². The van der Waals surface area contributed by atoms with Crippen LogP contribution in [0.4, 0.5) is 0 Å². The van der Waals surface area contributed by atoms with Crippen LogP contribution in [0.2, 0.25) is 0 Å². The highest BCUT2D eigenvalue weighted by atomic mass is 16.5. The minimum Gasteiger partial charge on any atom is -0.464 e. The quantitative estimate of drug-likeness (QED) is 0.636. The van der Waals surface area contributed by atoms with Crippen molar-refractivity contribution in [2.24, 2.45) is 0 Å². The first-order valence-corrected chi connectivity index (χ1v) is 9.21. The van der Waals surface area contributed by atoms with Crippen LogP contribution in [-0.2, 0) is 17.7 Å². The number of esters is 1. The molecule has 1 amide bonds. The van der Waals surface area contributed by atoms with E-state index in [2.05, 4.69) is 23.1 Å². The predicted molar refractivity (Wildman–Crippen MR) is 107 cm³/mol. The van der Waals surface area contributed by atoms with Crippen molar-refractivity contribution >= 4 is 22.8 Å². The van der Waals surface area contributed by atoms with E-state index in [4.69, 9.17) is 4.74 Å². The zero-order chi connectivity index (χ0) is 20.4. The third-order valence-electron chi connectivity index (χ3n) is 4.69. The van der Waals surface area contributed by atoms with Crippen molar-refractivity contribution in [1.82, 2.24) is 19.7 Å². The summed E-state index contributed by atoms with van der Waals surface area (Å²) in [5.41, 5.74) is 4.44. The molecule has 146 valence electrons. The second-order valence-corrected chi connectivity index (χ2v) is 6.67. The Labute approximate surface area is 163 Å². The summed E-state index contributed by atoms with van der Waals surface area (Å²) in [5, 5.41) is 5.20. The zero-order valence-corrected chi connectivity index (χ0v) is 16.8. The molecule has 0 bridgehead atoms. The van der Waals surface area contributed by atoms with Gasteiger partial charge in [-0.25, -0.2) is 4.79 Å². The highest BCUT2D eigenvalue weighted by Gasteiger charge is 2.21. The Bertz CT molecular complexity index is 1040. The number of rotatable bonds is 5. The lowest BCUT2D eigenvalue weighted by molar-refractivity contribution is 0.0595. The monoisotopic (exact) mass is 380 g/mol. The molecule has 0 aliphatic heterocycles. The van der Waals surface area contributed by atoms with E-state index in [0.717, 1.165) is 34.1 Å². The van der Waals surface area contributed by atoms with Crippen molar-refractivity contribution in [1.29, 1.82) is 0 Å². The average molecular weight is 380 g/mol. The first kappa shape index (κ1) is 19.5. The van der Waals surface area contributed by atoms with Crippen LogP contribution in [0.3, 0.4) is 0 Å². The molecule has 0 atom stereocenters. The number of hydrogen-bond donors (Lipinski definition) is 0. The molecule has 0 unspecified atom stereocenters. The molecule has 3 aromatic rings. The van der Waals surface area contributed by atoms with Crippen molar-refractivity contribution < 1.29 is 14.3 Å². The SMILES string of the molecule is CCc1cc(-c2ccc(C(=O)N(C)C)cn2)cc2c(C(=O)OC)nn(CC)c12. The van der Waals surface area contributed by atoms with E-state index in [1.165, 1.54) is 12.0 Å². The summed E-state index contributed by atoms with van der Waals surface area (Å²) in [7, 11) is 4.76. The molecular weight excluding hydrogens is 356 g/mol. The molecule has 7 heteroatoms. The molecule has 1 aromatic carbocycles. The molecule has 2 aromatic heterocycles. The summed E-state index contributed by atoms with van der Waals surface area (Å²) < 4.78 is 6.74. The molecule has 2 heterocycles. The highest BCUT2D eigenvalue weighted by Crippen LogP contribution is 2.30. The van der Waals surface area contributed by atoms with E-state index in [-0.39, 0.29) is 5.91 Å². The normalized spacial score (nSPS) is 10.9. The fraction of sp³-hybridized carbons (Fsp3) is 0.333. The van der Waals surface area contributed by atoms with Gasteiger partial charge in [0.05, 0.1) is 23.9 Å².